The highest BCUT2D eigenvalue weighted by molar-refractivity contribution is 5.78. The molecule has 0 spiro atoms. The van der Waals surface area contributed by atoms with Crippen molar-refractivity contribution in [2.45, 2.75) is 0 Å². The fourth-order valence-corrected chi connectivity index (χ4v) is 2.92. The van der Waals surface area contributed by atoms with Gasteiger partial charge in [0, 0.05) is 36.8 Å². The second kappa shape index (κ2) is 7.93. The molecule has 0 aliphatic rings. The molecule has 3 aromatic heterocycles. The molecule has 1 N–H and O–H groups in total. The molecular formula is C22H16FN7. The number of halogens is 1. The second-order valence-electron chi connectivity index (χ2n) is 6.52. The highest BCUT2D eigenvalue weighted by Crippen LogP contribution is 2.29. The van der Waals surface area contributed by atoms with E-state index >= 15 is 0 Å². The van der Waals surface area contributed by atoms with Gasteiger partial charge in [-0.05, 0) is 54.1 Å². The molecule has 0 aliphatic carbocycles. The van der Waals surface area contributed by atoms with Gasteiger partial charge in [0.25, 0.3) is 0 Å². The van der Waals surface area contributed by atoms with Crippen molar-refractivity contribution in [1.29, 1.82) is 10.7 Å². The van der Waals surface area contributed by atoms with E-state index in [9.17, 15) is 4.39 Å². The molecule has 4 aromatic rings. The molecule has 1 aromatic carbocycles. The Morgan fingerprint density at radius 1 is 1.07 bits per heavy atom. The Bertz CT molecular complexity index is 1320. The number of benzene rings is 1. The van der Waals surface area contributed by atoms with E-state index in [0.29, 0.717) is 17.1 Å². The lowest BCUT2D eigenvalue weighted by molar-refractivity contribution is 0.628. The summed E-state index contributed by atoms with van der Waals surface area (Å²) in [6.45, 7) is 0. The van der Waals surface area contributed by atoms with E-state index < -0.39 is 0 Å². The van der Waals surface area contributed by atoms with E-state index in [4.69, 9.17) is 10.7 Å². The van der Waals surface area contributed by atoms with E-state index in [0.717, 1.165) is 16.7 Å². The first-order valence-electron chi connectivity index (χ1n) is 9.02. The molecule has 146 valence electrons. The maximum absolute atomic E-state index is 13.3. The summed E-state index contributed by atoms with van der Waals surface area (Å²) >= 11 is 0. The van der Waals surface area contributed by atoms with Crippen LogP contribution < -0.4 is 5.49 Å². The molecule has 0 aliphatic heterocycles. The summed E-state index contributed by atoms with van der Waals surface area (Å²) in [6, 6.07) is 14.9. The fraction of sp³-hybridized carbons (Fsp3) is 0.0455. The summed E-state index contributed by atoms with van der Waals surface area (Å²) < 4.78 is 16.4. The van der Waals surface area contributed by atoms with Crippen LogP contribution in [0.2, 0.25) is 0 Å². The summed E-state index contributed by atoms with van der Waals surface area (Å²) in [6.07, 6.45) is 6.83. The highest BCUT2D eigenvalue weighted by Gasteiger charge is 2.14. The molecule has 0 unspecified atom stereocenters. The first-order chi connectivity index (χ1) is 14.5. The number of nitriles is 1. The first-order valence-corrected chi connectivity index (χ1v) is 9.02. The van der Waals surface area contributed by atoms with Gasteiger partial charge in [-0.3, -0.25) is 10.1 Å². The van der Waals surface area contributed by atoms with Gasteiger partial charge in [0.15, 0.2) is 0 Å². The quantitative estimate of drug-likeness (QED) is 0.570. The van der Waals surface area contributed by atoms with Crippen LogP contribution in [0.25, 0.3) is 34.8 Å². The third kappa shape index (κ3) is 3.91. The summed E-state index contributed by atoms with van der Waals surface area (Å²) in [5.74, 6) is -0.312. The number of hydrogen-bond donors (Lipinski definition) is 1. The monoisotopic (exact) mass is 397 g/mol. The van der Waals surface area contributed by atoms with Gasteiger partial charge in [-0.25, -0.2) is 14.1 Å². The predicted octanol–water partition coefficient (Wildman–Crippen LogP) is 3.46. The van der Waals surface area contributed by atoms with Crippen LogP contribution in [0.5, 0.6) is 0 Å². The van der Waals surface area contributed by atoms with Crippen LogP contribution in [0.3, 0.4) is 0 Å². The Labute approximate surface area is 171 Å². The molecule has 8 heteroatoms. The van der Waals surface area contributed by atoms with Crippen LogP contribution in [-0.4, -0.2) is 24.5 Å². The zero-order valence-electron chi connectivity index (χ0n) is 16.0. The topological polar surface area (TPSA) is 96.2 Å². The number of hydrogen-bond acceptors (Lipinski definition) is 5. The summed E-state index contributed by atoms with van der Waals surface area (Å²) in [7, 11) is 1.81. The van der Waals surface area contributed by atoms with Crippen LogP contribution in [0.1, 0.15) is 11.3 Å². The molecule has 0 amide bonds. The van der Waals surface area contributed by atoms with Gasteiger partial charge in [0.05, 0.1) is 5.69 Å². The minimum atomic E-state index is -0.312. The maximum Gasteiger partial charge on any atom is 0.146 e. The molecule has 30 heavy (non-hydrogen) atoms. The van der Waals surface area contributed by atoms with Crippen molar-refractivity contribution in [3.05, 3.63) is 83.5 Å². The van der Waals surface area contributed by atoms with Crippen molar-refractivity contribution in [3.63, 3.8) is 0 Å². The van der Waals surface area contributed by atoms with Crippen molar-refractivity contribution in [3.8, 4) is 28.6 Å². The number of nitrogens with zero attached hydrogens (tertiary/aromatic N) is 6. The zero-order chi connectivity index (χ0) is 21.1. The van der Waals surface area contributed by atoms with E-state index in [-0.39, 0.29) is 11.3 Å². The van der Waals surface area contributed by atoms with Gasteiger partial charge < -0.3 is 0 Å². The largest absolute Gasteiger partial charge is 0.283 e. The summed E-state index contributed by atoms with van der Waals surface area (Å²) in [5.41, 5.74) is 4.16. The van der Waals surface area contributed by atoms with Crippen molar-refractivity contribution < 1.29 is 4.39 Å². The average Bonchev–Trinajstić information content (AvgIpc) is 3.15. The normalized spacial score (nSPS) is 11.0. The fourth-order valence-electron chi connectivity index (χ4n) is 2.92. The van der Waals surface area contributed by atoms with Gasteiger partial charge >= 0.3 is 0 Å². The lowest BCUT2D eigenvalue weighted by atomic mass is 10.1. The molecule has 0 radical (unpaired) electrons. The molecule has 0 bridgehead atoms. The van der Waals surface area contributed by atoms with Gasteiger partial charge in [0.2, 0.25) is 0 Å². The van der Waals surface area contributed by atoms with E-state index in [1.54, 1.807) is 66.6 Å². The van der Waals surface area contributed by atoms with Crippen molar-refractivity contribution >= 4 is 12.3 Å². The number of pyridine rings is 1. The Hall–Kier alpha value is -4.38. The third-order valence-corrected chi connectivity index (χ3v) is 4.39. The Balaban J connectivity index is 1.72. The predicted molar refractivity (Wildman–Crippen MR) is 110 cm³/mol. The average molecular weight is 397 g/mol. The molecular weight excluding hydrogens is 381 g/mol. The summed E-state index contributed by atoms with van der Waals surface area (Å²) in [5, 5.41) is 26.0. The Morgan fingerprint density at radius 3 is 2.57 bits per heavy atom. The SMILES string of the molecule is Cn1cc(-c2ccc(=N)n(/C=C/c3ccc(C#N)nc3)n2)c(-c2ccc(F)cc2)n1. The molecule has 0 fully saturated rings. The number of nitrogens with one attached hydrogen (secondary N) is 1. The van der Waals surface area contributed by atoms with Gasteiger partial charge in [-0.2, -0.15) is 15.5 Å². The summed E-state index contributed by atoms with van der Waals surface area (Å²) in [4.78, 5) is 4.02. The highest BCUT2D eigenvalue weighted by atomic mass is 19.1. The minimum absolute atomic E-state index is 0.198. The van der Waals surface area contributed by atoms with Crippen molar-refractivity contribution in [2.75, 3.05) is 0 Å². The zero-order valence-corrected chi connectivity index (χ0v) is 16.0. The first kappa shape index (κ1) is 19.0. The Kier molecular flexibility index (Phi) is 5.01. The standard InChI is InChI=1S/C22H16FN7/c1-29-14-19(22(28-29)16-3-5-17(23)6-4-16)20-8-9-21(25)30(27-20)11-10-15-2-7-18(12-24)26-13-15/h2-11,13-14,25H,1H3/b11-10+,25-21?. The minimum Gasteiger partial charge on any atom is -0.283 e. The molecule has 4 rings (SSSR count). The molecule has 0 atom stereocenters. The van der Waals surface area contributed by atoms with Crippen LogP contribution in [0.15, 0.2) is 60.9 Å². The van der Waals surface area contributed by atoms with Crippen LogP contribution in [0.4, 0.5) is 4.39 Å². The Morgan fingerprint density at radius 2 is 1.87 bits per heavy atom. The lowest BCUT2D eigenvalue weighted by Gasteiger charge is -2.05. The third-order valence-electron chi connectivity index (χ3n) is 4.39. The molecule has 3 heterocycles. The van der Waals surface area contributed by atoms with Crippen molar-refractivity contribution in [2.24, 2.45) is 7.05 Å². The number of rotatable bonds is 4. The van der Waals surface area contributed by atoms with Crippen LogP contribution in [-0.2, 0) is 7.05 Å². The van der Waals surface area contributed by atoms with Gasteiger partial charge in [-0.1, -0.05) is 6.07 Å². The van der Waals surface area contributed by atoms with Gasteiger partial charge in [0.1, 0.15) is 28.8 Å². The van der Waals surface area contributed by atoms with E-state index in [1.165, 1.54) is 16.8 Å². The van der Waals surface area contributed by atoms with E-state index in [1.807, 2.05) is 12.3 Å². The molecule has 0 saturated carbocycles. The molecule has 0 saturated heterocycles. The lowest BCUT2D eigenvalue weighted by Crippen LogP contribution is -2.17. The van der Waals surface area contributed by atoms with Crippen LogP contribution >= 0.6 is 0 Å². The number of aromatic nitrogens is 5. The number of aryl methyl sites for hydroxylation is 1. The smallest absolute Gasteiger partial charge is 0.146 e. The van der Waals surface area contributed by atoms with Crippen molar-refractivity contribution in [1.82, 2.24) is 24.5 Å². The maximum atomic E-state index is 13.3. The molecule has 7 nitrogen and oxygen atoms in total. The van der Waals surface area contributed by atoms with E-state index in [2.05, 4.69) is 15.2 Å². The second-order valence-corrected chi connectivity index (χ2v) is 6.52. The van der Waals surface area contributed by atoms with Crippen LogP contribution in [0, 0.1) is 22.6 Å². The van der Waals surface area contributed by atoms with Gasteiger partial charge in [-0.15, -0.1) is 0 Å².